The van der Waals surface area contributed by atoms with E-state index in [1.54, 1.807) is 19.9 Å². The van der Waals surface area contributed by atoms with E-state index >= 15 is 0 Å². The Hall–Kier alpha value is -1.89. The fraction of sp³-hybridized carbons (Fsp3) is 0.533. The van der Waals surface area contributed by atoms with Crippen molar-refractivity contribution >= 4 is 19.9 Å². The third-order valence-electron chi connectivity index (χ3n) is 3.07. The molecule has 0 saturated heterocycles. The second kappa shape index (κ2) is 6.47. The van der Waals surface area contributed by atoms with Crippen molar-refractivity contribution in [3.8, 4) is 0 Å². The predicted octanol–water partition coefficient (Wildman–Crippen LogP) is 3.43. The highest BCUT2D eigenvalue weighted by atomic mass is 28.3. The molecule has 0 unspecified atom stereocenters. The molecule has 1 amide bonds. The van der Waals surface area contributed by atoms with E-state index in [4.69, 9.17) is 10.5 Å². The fourth-order valence-corrected chi connectivity index (χ4v) is 3.85. The highest BCUT2D eigenvalue weighted by Crippen LogP contribution is 2.26. The molecule has 7 heteroatoms. The van der Waals surface area contributed by atoms with Crippen LogP contribution in [0.5, 0.6) is 0 Å². The van der Waals surface area contributed by atoms with Gasteiger partial charge in [0.15, 0.2) is 0 Å². The van der Waals surface area contributed by atoms with Crippen LogP contribution in [0.15, 0.2) is 18.2 Å². The summed E-state index contributed by atoms with van der Waals surface area (Å²) in [7, 11) is -1.45. The lowest BCUT2D eigenvalue weighted by Crippen LogP contribution is -2.33. The van der Waals surface area contributed by atoms with Crippen molar-refractivity contribution in [2.24, 2.45) is 5.73 Å². The fourth-order valence-electron chi connectivity index (χ4n) is 2.41. The molecule has 0 saturated carbocycles. The smallest absolute Gasteiger partial charge is 0.405 e. The Bertz CT molecular complexity index is 579. The first kappa shape index (κ1) is 18.2. The lowest BCUT2D eigenvalue weighted by atomic mass is 9.97. The zero-order valence-electron chi connectivity index (χ0n) is 13.8. The van der Waals surface area contributed by atoms with Gasteiger partial charge in [0, 0.05) is 26.1 Å². The summed E-state index contributed by atoms with van der Waals surface area (Å²) in [4.78, 5) is 21.9. The minimum Gasteiger partial charge on any atom is -0.443 e. The number of hydrogen-bond donors (Lipinski definition) is 1. The van der Waals surface area contributed by atoms with E-state index in [2.05, 4.69) is 19.6 Å². The minimum absolute atomic E-state index is 0.134. The monoisotopic (exact) mass is 324 g/mol. The van der Waals surface area contributed by atoms with Gasteiger partial charge < -0.3 is 10.5 Å². The largest absolute Gasteiger partial charge is 0.443 e. The average molecular weight is 324 g/mol. The van der Waals surface area contributed by atoms with E-state index < -0.39 is 19.8 Å². The Kier molecular flexibility index (Phi) is 5.34. The number of benzene rings is 1. The molecule has 0 aliphatic heterocycles. The van der Waals surface area contributed by atoms with Crippen LogP contribution in [-0.2, 0) is 17.2 Å². The molecule has 0 heterocycles. The number of carbonyl (C=O) groups excluding carboxylic acids is 1. The molecule has 1 aromatic carbocycles. The number of nitro groups is 1. The van der Waals surface area contributed by atoms with Crippen LogP contribution in [0.4, 0.5) is 10.5 Å². The van der Waals surface area contributed by atoms with E-state index in [9.17, 15) is 14.9 Å². The zero-order valence-corrected chi connectivity index (χ0v) is 14.8. The Labute approximate surface area is 131 Å². The summed E-state index contributed by atoms with van der Waals surface area (Å²) in [5.41, 5.74) is 5.88. The Morgan fingerprint density at radius 3 is 2.41 bits per heavy atom. The number of nitro benzene ring substituents is 1. The quantitative estimate of drug-likeness (QED) is 0.492. The Morgan fingerprint density at radius 1 is 1.36 bits per heavy atom. The number of hydrogen-bond acceptors (Lipinski definition) is 4. The summed E-state index contributed by atoms with van der Waals surface area (Å²) in [5, 5.41) is 11.3. The Morgan fingerprint density at radius 2 is 1.95 bits per heavy atom. The first-order valence-electron chi connectivity index (χ1n) is 7.14. The molecule has 0 aliphatic carbocycles. The normalized spacial score (nSPS) is 12.0. The number of nitrogens with two attached hydrogens (primary N) is 1. The van der Waals surface area contributed by atoms with Crippen LogP contribution >= 0.6 is 0 Å². The van der Waals surface area contributed by atoms with Gasteiger partial charge in [0.05, 0.1) is 4.92 Å². The van der Waals surface area contributed by atoms with Crippen molar-refractivity contribution in [1.82, 2.24) is 0 Å². The van der Waals surface area contributed by atoms with Gasteiger partial charge in [-0.2, -0.15) is 0 Å². The van der Waals surface area contributed by atoms with Crippen LogP contribution < -0.4 is 5.73 Å². The molecular weight excluding hydrogens is 300 g/mol. The summed E-state index contributed by atoms with van der Waals surface area (Å²) in [6.07, 6.45) is -0.487. The van der Waals surface area contributed by atoms with Crippen molar-refractivity contribution in [3.63, 3.8) is 0 Å². The molecule has 0 fully saturated rings. The van der Waals surface area contributed by atoms with E-state index in [-0.39, 0.29) is 10.6 Å². The van der Waals surface area contributed by atoms with Gasteiger partial charge in [-0.3, -0.25) is 10.1 Å². The highest BCUT2D eigenvalue weighted by molar-refractivity contribution is 6.75. The molecule has 0 bridgehead atoms. The summed E-state index contributed by atoms with van der Waals surface area (Å²) in [6, 6.07) is 5.99. The number of carbonyl (C=O) groups is 1. The molecule has 122 valence electrons. The van der Waals surface area contributed by atoms with Crippen molar-refractivity contribution in [1.29, 1.82) is 0 Å². The molecule has 2 N–H and O–H groups in total. The maximum atomic E-state index is 11.3. The van der Waals surface area contributed by atoms with E-state index in [0.717, 1.165) is 17.2 Å². The molecule has 0 atom stereocenters. The van der Waals surface area contributed by atoms with Crippen molar-refractivity contribution in [2.75, 3.05) is 0 Å². The SMILES string of the molecule is CC(C)(Cc1ccc(C[Si](C)(C)C)c([N+](=O)[O-])c1)OC(N)=O. The van der Waals surface area contributed by atoms with Crippen LogP contribution in [0, 0.1) is 10.1 Å². The van der Waals surface area contributed by atoms with Gasteiger partial charge >= 0.3 is 6.09 Å². The number of ether oxygens (including phenoxy) is 1. The molecule has 0 radical (unpaired) electrons. The number of rotatable bonds is 6. The molecule has 0 spiro atoms. The summed E-state index contributed by atoms with van der Waals surface area (Å²) < 4.78 is 5.03. The van der Waals surface area contributed by atoms with Gasteiger partial charge in [-0.15, -0.1) is 0 Å². The number of primary amides is 1. The lowest BCUT2D eigenvalue weighted by molar-refractivity contribution is -0.385. The molecule has 6 nitrogen and oxygen atoms in total. The van der Waals surface area contributed by atoms with E-state index in [1.807, 2.05) is 12.1 Å². The number of amides is 1. The molecule has 22 heavy (non-hydrogen) atoms. The zero-order chi connectivity index (χ0) is 17.1. The van der Waals surface area contributed by atoms with Gasteiger partial charge in [-0.1, -0.05) is 31.8 Å². The van der Waals surface area contributed by atoms with Crippen LogP contribution in [0.3, 0.4) is 0 Å². The van der Waals surface area contributed by atoms with E-state index in [0.29, 0.717) is 6.42 Å². The topological polar surface area (TPSA) is 95.5 Å². The van der Waals surface area contributed by atoms with Gasteiger partial charge in [-0.05, 0) is 25.5 Å². The second-order valence-corrected chi connectivity index (χ2v) is 12.8. The summed E-state index contributed by atoms with van der Waals surface area (Å²) in [5.74, 6) is 0. The van der Waals surface area contributed by atoms with Gasteiger partial charge in [0.25, 0.3) is 5.69 Å². The van der Waals surface area contributed by atoms with Gasteiger partial charge in [0.1, 0.15) is 5.60 Å². The first-order valence-corrected chi connectivity index (χ1v) is 10.8. The molecular formula is C15H24N2O4Si. The van der Waals surface area contributed by atoms with Gasteiger partial charge in [0.2, 0.25) is 0 Å². The summed E-state index contributed by atoms with van der Waals surface area (Å²) in [6.45, 7) is 9.97. The molecule has 1 aromatic rings. The standard InChI is InChI=1S/C15H24N2O4Si/c1-15(2,21-14(16)18)9-11-6-7-12(10-22(3,4)5)13(8-11)17(19)20/h6-8H,9-10H2,1-5H3,(H2,16,18). The van der Waals surface area contributed by atoms with Crippen LogP contribution in [-0.4, -0.2) is 24.7 Å². The molecule has 0 aliphatic rings. The van der Waals surface area contributed by atoms with E-state index in [1.165, 1.54) is 0 Å². The highest BCUT2D eigenvalue weighted by Gasteiger charge is 2.25. The van der Waals surface area contributed by atoms with Crippen LogP contribution in [0.25, 0.3) is 0 Å². The van der Waals surface area contributed by atoms with Crippen molar-refractivity contribution in [2.45, 2.75) is 51.6 Å². The minimum atomic E-state index is -1.45. The second-order valence-electron chi connectivity index (χ2n) is 7.32. The molecule has 0 aromatic heterocycles. The van der Waals surface area contributed by atoms with Crippen molar-refractivity contribution in [3.05, 3.63) is 39.4 Å². The molecule has 1 rings (SSSR count). The summed E-state index contributed by atoms with van der Waals surface area (Å²) >= 11 is 0. The maximum absolute atomic E-state index is 11.3. The van der Waals surface area contributed by atoms with Gasteiger partial charge in [-0.25, -0.2) is 4.79 Å². The van der Waals surface area contributed by atoms with Crippen molar-refractivity contribution < 1.29 is 14.5 Å². The van der Waals surface area contributed by atoms with Crippen LogP contribution in [0.2, 0.25) is 19.6 Å². The van der Waals surface area contributed by atoms with Crippen LogP contribution in [0.1, 0.15) is 25.0 Å². The lowest BCUT2D eigenvalue weighted by Gasteiger charge is -2.24. The average Bonchev–Trinajstić information content (AvgIpc) is 2.26. The predicted molar refractivity (Wildman–Crippen MR) is 88.6 cm³/mol. The third-order valence-corrected chi connectivity index (χ3v) is 4.52. The number of nitrogens with zero attached hydrogens (tertiary/aromatic N) is 1. The third kappa shape index (κ3) is 5.85. The first-order chi connectivity index (χ1) is 9.89. The Balaban J connectivity index is 3.08. The maximum Gasteiger partial charge on any atom is 0.405 e.